The van der Waals surface area contributed by atoms with Crippen molar-refractivity contribution in [2.45, 2.75) is 26.3 Å². The molecule has 0 unspecified atom stereocenters. The predicted octanol–water partition coefficient (Wildman–Crippen LogP) is 1.61. The smallest absolute Gasteiger partial charge is 0.255 e. The van der Waals surface area contributed by atoms with Crippen molar-refractivity contribution in [1.29, 1.82) is 0 Å². The first-order chi connectivity index (χ1) is 8.77. The van der Waals surface area contributed by atoms with E-state index in [1.807, 2.05) is 0 Å². The minimum Gasteiger partial charge on any atom is -0.354 e. The molecule has 0 radical (unpaired) electrons. The van der Waals surface area contributed by atoms with Crippen molar-refractivity contribution in [2.24, 2.45) is 0 Å². The number of hydrogen-bond donors (Lipinski definition) is 2. The fourth-order valence-electron chi connectivity index (χ4n) is 1.46. The van der Waals surface area contributed by atoms with Crippen LogP contribution in [-0.4, -0.2) is 23.9 Å². The Labute approximate surface area is 110 Å². The molecule has 2 N–H and O–H groups in total. The molecule has 104 valence electrons. The summed E-state index contributed by atoms with van der Waals surface area (Å²) in [6.45, 7) is 5.16. The van der Waals surface area contributed by atoms with Crippen LogP contribution in [0.15, 0.2) is 18.2 Å². The number of amides is 2. The summed E-state index contributed by atoms with van der Waals surface area (Å²) in [5.74, 6) is -2.89. The fraction of sp³-hybridized carbons (Fsp3) is 0.385. The second-order valence-corrected chi connectivity index (χ2v) is 4.56. The van der Waals surface area contributed by atoms with Gasteiger partial charge in [-0.25, -0.2) is 8.78 Å². The summed E-state index contributed by atoms with van der Waals surface area (Å²) in [4.78, 5) is 23.5. The number of halogens is 2. The van der Waals surface area contributed by atoms with Gasteiger partial charge in [0.05, 0.1) is 5.56 Å². The molecule has 0 aliphatic rings. The normalized spacial score (nSPS) is 11.0. The van der Waals surface area contributed by atoms with Crippen LogP contribution in [0.5, 0.6) is 0 Å². The van der Waals surface area contributed by atoms with Crippen LogP contribution in [-0.2, 0) is 4.79 Å². The topological polar surface area (TPSA) is 58.2 Å². The number of carbonyl (C=O) groups is 2. The highest BCUT2D eigenvalue weighted by molar-refractivity contribution is 5.99. The SMILES string of the molecule is CCNC(=O)C(C)(C)NC(=O)c1ccc(F)cc1F. The third-order valence-electron chi connectivity index (χ3n) is 2.51. The van der Waals surface area contributed by atoms with Crippen molar-refractivity contribution in [3.8, 4) is 0 Å². The summed E-state index contributed by atoms with van der Waals surface area (Å²) in [6.07, 6.45) is 0. The first kappa shape index (κ1) is 15.1. The van der Waals surface area contributed by atoms with Gasteiger partial charge in [0.25, 0.3) is 5.91 Å². The lowest BCUT2D eigenvalue weighted by Gasteiger charge is -2.24. The molecule has 19 heavy (non-hydrogen) atoms. The van der Waals surface area contributed by atoms with Crippen LogP contribution in [0.25, 0.3) is 0 Å². The van der Waals surface area contributed by atoms with Crippen molar-refractivity contribution >= 4 is 11.8 Å². The van der Waals surface area contributed by atoms with Gasteiger partial charge in [0.1, 0.15) is 17.2 Å². The highest BCUT2D eigenvalue weighted by Crippen LogP contribution is 2.11. The van der Waals surface area contributed by atoms with Gasteiger partial charge in [-0.3, -0.25) is 9.59 Å². The van der Waals surface area contributed by atoms with E-state index in [9.17, 15) is 18.4 Å². The molecular formula is C13H16F2N2O2. The van der Waals surface area contributed by atoms with Gasteiger partial charge >= 0.3 is 0 Å². The largest absolute Gasteiger partial charge is 0.354 e. The summed E-state index contributed by atoms with van der Waals surface area (Å²) < 4.78 is 26.2. The van der Waals surface area contributed by atoms with Gasteiger partial charge in [-0.1, -0.05) is 0 Å². The first-order valence-electron chi connectivity index (χ1n) is 5.83. The number of rotatable bonds is 4. The van der Waals surface area contributed by atoms with Crippen LogP contribution in [0.3, 0.4) is 0 Å². The highest BCUT2D eigenvalue weighted by atomic mass is 19.1. The Bertz CT molecular complexity index is 501. The molecule has 0 spiro atoms. The van der Waals surface area contributed by atoms with Gasteiger partial charge in [-0.2, -0.15) is 0 Å². The summed E-state index contributed by atoms with van der Waals surface area (Å²) in [6, 6.07) is 2.64. The van der Waals surface area contributed by atoms with Gasteiger partial charge in [0, 0.05) is 12.6 Å². The van der Waals surface area contributed by atoms with Crippen LogP contribution >= 0.6 is 0 Å². The molecule has 0 aliphatic carbocycles. The number of carbonyl (C=O) groups excluding carboxylic acids is 2. The number of hydrogen-bond acceptors (Lipinski definition) is 2. The van der Waals surface area contributed by atoms with Crippen LogP contribution < -0.4 is 10.6 Å². The molecule has 4 nitrogen and oxygen atoms in total. The Kier molecular flexibility index (Phi) is 4.58. The zero-order valence-corrected chi connectivity index (χ0v) is 11.0. The third-order valence-corrected chi connectivity index (χ3v) is 2.51. The molecule has 0 heterocycles. The number of benzene rings is 1. The minimum atomic E-state index is -1.19. The molecule has 6 heteroatoms. The maximum atomic E-state index is 13.4. The van der Waals surface area contributed by atoms with E-state index in [4.69, 9.17) is 0 Å². The monoisotopic (exact) mass is 270 g/mol. The zero-order valence-electron chi connectivity index (χ0n) is 11.0. The molecule has 0 aromatic heterocycles. The van der Waals surface area contributed by atoms with E-state index in [0.717, 1.165) is 12.1 Å². The van der Waals surface area contributed by atoms with E-state index >= 15 is 0 Å². The standard InChI is InChI=1S/C13H16F2N2O2/c1-4-16-12(19)13(2,3)17-11(18)9-6-5-8(14)7-10(9)15/h5-7H,4H2,1-3H3,(H,16,19)(H,17,18). The Morgan fingerprint density at radius 3 is 2.42 bits per heavy atom. The second-order valence-electron chi connectivity index (χ2n) is 4.56. The lowest BCUT2D eigenvalue weighted by atomic mass is 10.0. The van der Waals surface area contributed by atoms with Gasteiger partial charge in [-0.15, -0.1) is 0 Å². The molecule has 0 bridgehead atoms. The zero-order chi connectivity index (χ0) is 14.6. The molecule has 1 aromatic carbocycles. The lowest BCUT2D eigenvalue weighted by molar-refractivity contribution is -0.126. The number of likely N-dealkylation sites (N-methyl/N-ethyl adjacent to an activating group) is 1. The Hall–Kier alpha value is -1.98. The summed E-state index contributed by atoms with van der Waals surface area (Å²) in [5.41, 5.74) is -1.49. The van der Waals surface area contributed by atoms with E-state index in [0.29, 0.717) is 12.6 Å². The fourth-order valence-corrected chi connectivity index (χ4v) is 1.46. The van der Waals surface area contributed by atoms with Gasteiger partial charge in [-0.05, 0) is 32.9 Å². The number of nitrogens with one attached hydrogen (secondary N) is 2. The average Bonchev–Trinajstić information content (AvgIpc) is 2.28. The van der Waals surface area contributed by atoms with E-state index in [1.54, 1.807) is 6.92 Å². The van der Waals surface area contributed by atoms with Gasteiger partial charge in [0.15, 0.2) is 0 Å². The highest BCUT2D eigenvalue weighted by Gasteiger charge is 2.30. The maximum absolute atomic E-state index is 13.4. The van der Waals surface area contributed by atoms with Crippen LogP contribution in [0.1, 0.15) is 31.1 Å². The quantitative estimate of drug-likeness (QED) is 0.873. The van der Waals surface area contributed by atoms with Crippen molar-refractivity contribution in [3.63, 3.8) is 0 Å². The molecule has 0 aliphatic heterocycles. The lowest BCUT2D eigenvalue weighted by Crippen LogP contribution is -2.54. The maximum Gasteiger partial charge on any atom is 0.255 e. The summed E-state index contributed by atoms with van der Waals surface area (Å²) >= 11 is 0. The van der Waals surface area contributed by atoms with Crippen LogP contribution in [0.2, 0.25) is 0 Å². The second kappa shape index (κ2) is 5.77. The van der Waals surface area contributed by atoms with E-state index in [-0.39, 0.29) is 11.5 Å². The van der Waals surface area contributed by atoms with Crippen LogP contribution in [0, 0.1) is 11.6 Å². The summed E-state index contributed by atoms with van der Waals surface area (Å²) in [7, 11) is 0. The molecule has 0 atom stereocenters. The van der Waals surface area contributed by atoms with Gasteiger partial charge < -0.3 is 10.6 Å². The first-order valence-corrected chi connectivity index (χ1v) is 5.83. The molecule has 1 aromatic rings. The molecule has 2 amide bonds. The molecular weight excluding hydrogens is 254 g/mol. The molecule has 0 fully saturated rings. The molecule has 1 rings (SSSR count). The van der Waals surface area contributed by atoms with Crippen LogP contribution in [0.4, 0.5) is 8.78 Å². The average molecular weight is 270 g/mol. The molecule has 0 saturated heterocycles. The van der Waals surface area contributed by atoms with Crippen molar-refractivity contribution in [1.82, 2.24) is 10.6 Å². The van der Waals surface area contributed by atoms with E-state index in [1.165, 1.54) is 13.8 Å². The van der Waals surface area contributed by atoms with E-state index in [2.05, 4.69) is 10.6 Å². The van der Waals surface area contributed by atoms with Gasteiger partial charge in [0.2, 0.25) is 5.91 Å². The minimum absolute atomic E-state index is 0.307. The Morgan fingerprint density at radius 2 is 1.89 bits per heavy atom. The van der Waals surface area contributed by atoms with Crippen molar-refractivity contribution in [3.05, 3.63) is 35.4 Å². The van der Waals surface area contributed by atoms with Crippen molar-refractivity contribution < 1.29 is 18.4 Å². The van der Waals surface area contributed by atoms with E-state index < -0.39 is 23.1 Å². The predicted molar refractivity (Wildman–Crippen MR) is 66.6 cm³/mol. The Morgan fingerprint density at radius 1 is 1.26 bits per heavy atom. The van der Waals surface area contributed by atoms with Crippen molar-refractivity contribution in [2.75, 3.05) is 6.54 Å². The molecule has 0 saturated carbocycles. The third kappa shape index (κ3) is 3.74. The Balaban J connectivity index is 2.87. The summed E-state index contributed by atoms with van der Waals surface area (Å²) in [5, 5.41) is 4.96.